The monoisotopic (exact) mass is 865 g/mol. The molecule has 7 heterocycles. The number of nitro groups is 2. The molecular weight excluding hydrogens is 834 g/mol. The number of hydrogen-bond donors (Lipinski definition) is 0. The minimum absolute atomic E-state index is 0.0854. The van der Waals surface area contributed by atoms with Crippen molar-refractivity contribution in [2.45, 2.75) is 6.42 Å². The van der Waals surface area contributed by atoms with Crippen molar-refractivity contribution in [1.29, 1.82) is 0 Å². The zero-order chi connectivity index (χ0) is 42.1. The lowest BCUT2D eigenvalue weighted by molar-refractivity contribution is -0.388. The van der Waals surface area contributed by atoms with Gasteiger partial charge in [-0.25, -0.2) is 0 Å². The van der Waals surface area contributed by atoms with Crippen LogP contribution in [-0.4, -0.2) is 44.3 Å². The van der Waals surface area contributed by atoms with Gasteiger partial charge < -0.3 is 24.8 Å². The Morgan fingerprint density at radius 3 is 1.69 bits per heavy atom. The number of aromatic nitrogens is 7. The van der Waals surface area contributed by atoms with E-state index in [1.165, 1.54) is 12.4 Å². The maximum absolute atomic E-state index is 11.5. The van der Waals surface area contributed by atoms with Crippen LogP contribution in [0.4, 0.5) is 11.6 Å². The van der Waals surface area contributed by atoms with E-state index in [0.717, 1.165) is 72.5 Å². The Morgan fingerprint density at radius 2 is 1.10 bits per heavy atom. The fraction of sp³-hybridized carbons (Fsp3) is 0.0213. The Hall–Kier alpha value is -8.10. The van der Waals surface area contributed by atoms with Gasteiger partial charge in [0.05, 0.1) is 51.3 Å². The SMILES string of the molecule is Brc1ccc(-c2ccccn2)nc1.O=[N+]([O-])c1ncccc1-c1cccc2c1CC=C2.O=[N+]([O-])c1ncccc1-c1cccc2ccn(-c3ccc(-c4ccccn4)nc3)c12. The first-order valence-corrected chi connectivity index (χ1v) is 19.6. The predicted molar refractivity (Wildman–Crippen MR) is 238 cm³/mol. The molecule has 10 rings (SSSR count). The molecule has 0 bridgehead atoms. The second-order valence-electron chi connectivity index (χ2n) is 13.4. The molecule has 0 atom stereocenters. The summed E-state index contributed by atoms with van der Waals surface area (Å²) < 4.78 is 2.96. The molecule has 0 aliphatic heterocycles. The van der Waals surface area contributed by atoms with Crippen molar-refractivity contribution < 1.29 is 9.85 Å². The van der Waals surface area contributed by atoms with Gasteiger partial charge >= 0.3 is 11.6 Å². The smallest absolute Gasteiger partial charge is 0.358 e. The molecule has 14 heteroatoms. The Morgan fingerprint density at radius 1 is 0.525 bits per heavy atom. The van der Waals surface area contributed by atoms with Crippen LogP contribution in [0.3, 0.4) is 0 Å². The Kier molecular flexibility index (Phi) is 11.9. The standard InChI is InChI=1S/C23H15N5O2.C14H10N2O2.C10H7BrN2/c29-28(30)23-19(7-4-13-25-23)18-6-3-5-16-11-14-27(22(16)18)17-9-10-21(26-15-17)20-8-1-2-12-24-20;17-16(18)14-13(8-3-9-15-14)12-7-2-5-10-4-1-6-11(10)12;11-8-4-5-10(13-7-8)9-3-1-2-6-12-9/h1-15H;1-5,7-9H,6H2;1-7H. The molecule has 0 fully saturated rings. The first-order chi connectivity index (χ1) is 29.9. The summed E-state index contributed by atoms with van der Waals surface area (Å²) in [4.78, 5) is 46.8. The number of allylic oxidation sites excluding steroid dienone is 1. The van der Waals surface area contributed by atoms with Gasteiger partial charge in [0.15, 0.2) is 0 Å². The summed E-state index contributed by atoms with van der Waals surface area (Å²) in [5.41, 5.74) is 10.0. The highest BCUT2D eigenvalue weighted by Gasteiger charge is 2.21. The lowest BCUT2D eigenvalue weighted by Crippen LogP contribution is -1.98. The average molecular weight is 867 g/mol. The number of para-hydroxylation sites is 1. The van der Waals surface area contributed by atoms with E-state index < -0.39 is 9.85 Å². The Bertz CT molecular complexity index is 3020. The summed E-state index contributed by atoms with van der Waals surface area (Å²) in [5, 5.41) is 23.5. The number of benzene rings is 2. The third kappa shape index (κ3) is 8.84. The van der Waals surface area contributed by atoms with E-state index in [9.17, 15) is 20.2 Å². The van der Waals surface area contributed by atoms with E-state index in [1.54, 1.807) is 49.1 Å². The Labute approximate surface area is 357 Å². The van der Waals surface area contributed by atoms with Crippen LogP contribution in [0.5, 0.6) is 0 Å². The van der Waals surface area contributed by atoms with Crippen molar-refractivity contribution in [3.05, 3.63) is 213 Å². The maximum atomic E-state index is 11.5. The van der Waals surface area contributed by atoms with E-state index >= 15 is 0 Å². The van der Waals surface area contributed by atoms with Crippen LogP contribution in [0.2, 0.25) is 0 Å². The molecule has 1 aliphatic carbocycles. The molecule has 0 amide bonds. The number of nitrogens with zero attached hydrogens (tertiary/aromatic N) is 9. The number of rotatable bonds is 7. The minimum Gasteiger partial charge on any atom is -0.358 e. The molecule has 9 aromatic rings. The van der Waals surface area contributed by atoms with Crippen LogP contribution in [-0.2, 0) is 6.42 Å². The van der Waals surface area contributed by atoms with Gasteiger partial charge in [0.2, 0.25) is 0 Å². The fourth-order valence-corrected chi connectivity index (χ4v) is 7.15. The Balaban J connectivity index is 0.000000140. The van der Waals surface area contributed by atoms with Crippen molar-refractivity contribution >= 4 is 44.5 Å². The normalized spacial score (nSPS) is 11.2. The maximum Gasteiger partial charge on any atom is 0.371 e. The molecule has 1 aliphatic rings. The highest BCUT2D eigenvalue weighted by atomic mass is 79.9. The molecule has 296 valence electrons. The summed E-state index contributed by atoms with van der Waals surface area (Å²) in [6, 6.07) is 39.7. The number of halogens is 1. The molecule has 0 saturated heterocycles. The summed E-state index contributed by atoms with van der Waals surface area (Å²) in [6.07, 6.45) is 16.8. The molecule has 0 saturated carbocycles. The van der Waals surface area contributed by atoms with Crippen LogP contribution in [0, 0.1) is 20.2 Å². The second kappa shape index (κ2) is 18.2. The van der Waals surface area contributed by atoms with Gasteiger partial charge in [-0.2, -0.15) is 0 Å². The van der Waals surface area contributed by atoms with Crippen molar-refractivity contribution in [2.75, 3.05) is 0 Å². The van der Waals surface area contributed by atoms with E-state index in [-0.39, 0.29) is 11.6 Å². The molecule has 2 aromatic carbocycles. The van der Waals surface area contributed by atoms with Crippen LogP contribution in [0.15, 0.2) is 181 Å². The first-order valence-electron chi connectivity index (χ1n) is 18.8. The van der Waals surface area contributed by atoms with Crippen LogP contribution >= 0.6 is 15.9 Å². The van der Waals surface area contributed by atoms with Gasteiger partial charge in [-0.05, 0) is 138 Å². The third-order valence-electron chi connectivity index (χ3n) is 9.65. The van der Waals surface area contributed by atoms with Crippen molar-refractivity contribution in [3.8, 4) is 50.7 Å². The third-order valence-corrected chi connectivity index (χ3v) is 10.1. The van der Waals surface area contributed by atoms with Crippen LogP contribution in [0.1, 0.15) is 11.1 Å². The predicted octanol–water partition coefficient (Wildman–Crippen LogP) is 11.2. The van der Waals surface area contributed by atoms with Gasteiger partial charge in [0.25, 0.3) is 0 Å². The van der Waals surface area contributed by atoms with E-state index in [4.69, 9.17) is 0 Å². The molecule has 61 heavy (non-hydrogen) atoms. The molecule has 7 aromatic heterocycles. The second-order valence-corrected chi connectivity index (χ2v) is 14.3. The van der Waals surface area contributed by atoms with E-state index in [0.29, 0.717) is 11.1 Å². The first kappa shape index (κ1) is 39.7. The van der Waals surface area contributed by atoms with Gasteiger partial charge in [-0.15, -0.1) is 0 Å². The van der Waals surface area contributed by atoms with Gasteiger partial charge in [-0.1, -0.05) is 60.7 Å². The molecule has 0 spiro atoms. The highest BCUT2D eigenvalue weighted by molar-refractivity contribution is 9.10. The number of hydrogen-bond acceptors (Lipinski definition) is 10. The van der Waals surface area contributed by atoms with Crippen molar-refractivity contribution in [3.63, 3.8) is 0 Å². The summed E-state index contributed by atoms with van der Waals surface area (Å²) >= 11 is 3.34. The molecule has 0 N–H and O–H groups in total. The largest absolute Gasteiger partial charge is 0.371 e. The molecule has 0 unspecified atom stereocenters. The fourth-order valence-electron chi connectivity index (χ4n) is 6.91. The van der Waals surface area contributed by atoms with Crippen molar-refractivity contribution in [1.82, 2.24) is 34.5 Å². The lowest BCUT2D eigenvalue weighted by Gasteiger charge is -2.11. The van der Waals surface area contributed by atoms with Gasteiger partial charge in [-0.3, -0.25) is 19.9 Å². The summed E-state index contributed by atoms with van der Waals surface area (Å²) in [7, 11) is 0. The number of fused-ring (bicyclic) bond motifs is 2. The summed E-state index contributed by atoms with van der Waals surface area (Å²) in [5.74, 6) is -0.251. The quantitative estimate of drug-likeness (QED) is 0.111. The zero-order valence-corrected chi connectivity index (χ0v) is 33.6. The summed E-state index contributed by atoms with van der Waals surface area (Å²) in [6.45, 7) is 0. The number of pyridine rings is 6. The molecular formula is C47H32BrN9O4. The molecule has 0 radical (unpaired) electrons. The topological polar surface area (TPSA) is 169 Å². The van der Waals surface area contributed by atoms with Gasteiger partial charge in [0, 0.05) is 40.2 Å². The minimum atomic E-state index is -0.454. The van der Waals surface area contributed by atoms with Gasteiger partial charge in [0.1, 0.15) is 12.4 Å². The van der Waals surface area contributed by atoms with E-state index in [2.05, 4.69) is 51.9 Å². The zero-order valence-electron chi connectivity index (χ0n) is 32.1. The van der Waals surface area contributed by atoms with E-state index in [1.807, 2.05) is 120 Å². The highest BCUT2D eigenvalue weighted by Crippen LogP contribution is 2.36. The molecule has 13 nitrogen and oxygen atoms in total. The average Bonchev–Trinajstić information content (AvgIpc) is 3.99. The van der Waals surface area contributed by atoms with Crippen LogP contribution < -0.4 is 0 Å². The lowest BCUT2D eigenvalue weighted by atomic mass is 9.97. The van der Waals surface area contributed by atoms with Crippen LogP contribution in [0.25, 0.3) is 67.7 Å². The van der Waals surface area contributed by atoms with Crippen molar-refractivity contribution in [2.24, 2.45) is 0 Å².